The summed E-state index contributed by atoms with van der Waals surface area (Å²) in [5.74, 6) is 1.14. The average molecular weight is 316 g/mol. The van der Waals surface area contributed by atoms with Crippen LogP contribution in [0.25, 0.3) is 0 Å². The second-order valence-corrected chi connectivity index (χ2v) is 8.70. The van der Waals surface area contributed by atoms with E-state index in [4.69, 9.17) is 4.74 Å². The van der Waals surface area contributed by atoms with E-state index in [1.807, 2.05) is 0 Å². The Morgan fingerprint density at radius 1 is 1.17 bits per heavy atom. The molecular formula is C21H32O2. The molecular weight excluding hydrogens is 284 g/mol. The predicted octanol–water partition coefficient (Wildman–Crippen LogP) is 5.44. The van der Waals surface area contributed by atoms with Crippen LogP contribution in [0.1, 0.15) is 72.6 Å². The molecule has 0 aliphatic heterocycles. The van der Waals surface area contributed by atoms with Crippen molar-refractivity contribution in [2.45, 2.75) is 72.6 Å². The molecule has 4 unspecified atom stereocenters. The van der Waals surface area contributed by atoms with Gasteiger partial charge in [-0.15, -0.1) is 0 Å². The minimum absolute atomic E-state index is 0.0154. The van der Waals surface area contributed by atoms with Gasteiger partial charge in [0.2, 0.25) is 0 Å². The summed E-state index contributed by atoms with van der Waals surface area (Å²) in [6.07, 6.45) is 10.7. The molecule has 2 fully saturated rings. The SMILES string of the molecule is COC(=O)C1(C)CCCC2(C)C3CCC(=C(C)C)C=C3CCC12. The first-order valence-electron chi connectivity index (χ1n) is 9.28. The molecule has 0 bridgehead atoms. The fourth-order valence-electron chi connectivity index (χ4n) is 6.04. The Morgan fingerprint density at radius 2 is 1.91 bits per heavy atom. The van der Waals surface area contributed by atoms with Gasteiger partial charge in [-0.05, 0) is 82.1 Å². The summed E-state index contributed by atoms with van der Waals surface area (Å²) in [6, 6.07) is 0. The normalized spacial score (nSPS) is 39.9. The van der Waals surface area contributed by atoms with Crippen molar-refractivity contribution in [3.05, 3.63) is 22.8 Å². The van der Waals surface area contributed by atoms with Crippen molar-refractivity contribution in [2.24, 2.45) is 22.7 Å². The first kappa shape index (κ1) is 16.8. The molecule has 0 spiro atoms. The lowest BCUT2D eigenvalue weighted by molar-refractivity contribution is -0.168. The third kappa shape index (κ3) is 2.49. The molecule has 0 heterocycles. The Labute approximate surface area is 141 Å². The van der Waals surface area contributed by atoms with Crippen molar-refractivity contribution < 1.29 is 9.53 Å². The lowest BCUT2D eigenvalue weighted by Gasteiger charge is -2.58. The topological polar surface area (TPSA) is 26.3 Å². The van der Waals surface area contributed by atoms with Crippen LogP contribution in [-0.4, -0.2) is 13.1 Å². The van der Waals surface area contributed by atoms with Crippen LogP contribution in [0.5, 0.6) is 0 Å². The third-order valence-corrected chi connectivity index (χ3v) is 7.30. The smallest absolute Gasteiger partial charge is 0.311 e. The Hall–Kier alpha value is -1.05. The lowest BCUT2D eigenvalue weighted by Crippen LogP contribution is -2.54. The van der Waals surface area contributed by atoms with Crippen LogP contribution < -0.4 is 0 Å². The first-order valence-corrected chi connectivity index (χ1v) is 9.28. The number of hydrogen-bond donors (Lipinski definition) is 0. The quantitative estimate of drug-likeness (QED) is 0.602. The van der Waals surface area contributed by atoms with Crippen LogP contribution in [0.3, 0.4) is 0 Å². The summed E-state index contributed by atoms with van der Waals surface area (Å²) < 4.78 is 5.21. The monoisotopic (exact) mass is 316 g/mol. The number of allylic oxidation sites excluding steroid dienone is 4. The van der Waals surface area contributed by atoms with Gasteiger partial charge in [-0.3, -0.25) is 4.79 Å². The van der Waals surface area contributed by atoms with Gasteiger partial charge in [0.25, 0.3) is 0 Å². The van der Waals surface area contributed by atoms with Gasteiger partial charge in [-0.2, -0.15) is 0 Å². The molecule has 3 rings (SSSR count). The molecule has 4 atom stereocenters. The fraction of sp³-hybridized carbons (Fsp3) is 0.762. The van der Waals surface area contributed by atoms with Crippen LogP contribution >= 0.6 is 0 Å². The molecule has 23 heavy (non-hydrogen) atoms. The van der Waals surface area contributed by atoms with Gasteiger partial charge < -0.3 is 4.74 Å². The van der Waals surface area contributed by atoms with E-state index in [1.165, 1.54) is 24.8 Å². The predicted molar refractivity (Wildman–Crippen MR) is 94.0 cm³/mol. The highest BCUT2D eigenvalue weighted by atomic mass is 16.5. The minimum Gasteiger partial charge on any atom is -0.469 e. The number of hydrogen-bond acceptors (Lipinski definition) is 2. The summed E-state index contributed by atoms with van der Waals surface area (Å²) in [5.41, 5.74) is 4.64. The zero-order valence-electron chi connectivity index (χ0n) is 15.5. The van der Waals surface area contributed by atoms with E-state index < -0.39 is 0 Å². The Bertz CT molecular complexity index is 566. The maximum atomic E-state index is 12.5. The van der Waals surface area contributed by atoms with Gasteiger partial charge in [-0.25, -0.2) is 0 Å². The van der Waals surface area contributed by atoms with E-state index in [-0.39, 0.29) is 16.8 Å². The number of methoxy groups -OCH3 is 1. The summed E-state index contributed by atoms with van der Waals surface area (Å²) >= 11 is 0. The van der Waals surface area contributed by atoms with Crippen molar-refractivity contribution in [1.82, 2.24) is 0 Å². The molecule has 2 nitrogen and oxygen atoms in total. The van der Waals surface area contributed by atoms with E-state index in [0.717, 1.165) is 25.7 Å². The lowest BCUT2D eigenvalue weighted by atomic mass is 9.46. The second-order valence-electron chi connectivity index (χ2n) is 8.70. The third-order valence-electron chi connectivity index (χ3n) is 7.30. The number of rotatable bonds is 1. The fourth-order valence-corrected chi connectivity index (χ4v) is 6.04. The number of carbonyl (C=O) groups excluding carboxylic acids is 1. The van der Waals surface area contributed by atoms with E-state index in [1.54, 1.807) is 18.3 Å². The van der Waals surface area contributed by atoms with E-state index in [9.17, 15) is 4.79 Å². The summed E-state index contributed by atoms with van der Waals surface area (Å²) in [7, 11) is 1.55. The zero-order valence-corrected chi connectivity index (χ0v) is 15.5. The van der Waals surface area contributed by atoms with Crippen molar-refractivity contribution in [3.8, 4) is 0 Å². The van der Waals surface area contributed by atoms with Crippen LogP contribution in [-0.2, 0) is 9.53 Å². The molecule has 0 saturated heterocycles. The Kier molecular flexibility index (Phi) is 4.23. The maximum Gasteiger partial charge on any atom is 0.311 e. The van der Waals surface area contributed by atoms with Crippen molar-refractivity contribution in [1.29, 1.82) is 0 Å². The van der Waals surface area contributed by atoms with Gasteiger partial charge in [0.05, 0.1) is 12.5 Å². The van der Waals surface area contributed by atoms with E-state index in [2.05, 4.69) is 33.8 Å². The molecule has 0 radical (unpaired) electrons. The Morgan fingerprint density at radius 3 is 2.57 bits per heavy atom. The van der Waals surface area contributed by atoms with Crippen LogP contribution in [0.4, 0.5) is 0 Å². The average Bonchev–Trinajstić information content (AvgIpc) is 2.53. The summed E-state index contributed by atoms with van der Waals surface area (Å²) in [5, 5.41) is 0. The molecule has 0 aromatic carbocycles. The molecule has 3 aliphatic carbocycles. The van der Waals surface area contributed by atoms with Gasteiger partial charge in [0, 0.05) is 0 Å². The number of ether oxygens (including phenoxy) is 1. The van der Waals surface area contributed by atoms with Crippen molar-refractivity contribution in [3.63, 3.8) is 0 Å². The molecule has 0 N–H and O–H groups in total. The number of carbonyl (C=O) groups is 1. The molecule has 128 valence electrons. The molecule has 2 saturated carbocycles. The molecule has 0 amide bonds. The highest BCUT2D eigenvalue weighted by Crippen LogP contribution is 2.63. The molecule has 3 aliphatic rings. The highest BCUT2D eigenvalue weighted by molar-refractivity contribution is 5.77. The second kappa shape index (κ2) is 5.79. The van der Waals surface area contributed by atoms with Crippen molar-refractivity contribution in [2.75, 3.05) is 7.11 Å². The molecule has 0 aromatic rings. The minimum atomic E-state index is -0.288. The number of fused-ring (bicyclic) bond motifs is 3. The van der Waals surface area contributed by atoms with Crippen LogP contribution in [0, 0.1) is 22.7 Å². The highest BCUT2D eigenvalue weighted by Gasteiger charge is 2.58. The van der Waals surface area contributed by atoms with E-state index in [0.29, 0.717) is 11.8 Å². The Balaban J connectivity index is 1.98. The number of esters is 1. The van der Waals surface area contributed by atoms with E-state index >= 15 is 0 Å². The van der Waals surface area contributed by atoms with Crippen LogP contribution in [0.2, 0.25) is 0 Å². The maximum absolute atomic E-state index is 12.5. The summed E-state index contributed by atoms with van der Waals surface area (Å²) in [6.45, 7) is 9.09. The van der Waals surface area contributed by atoms with Gasteiger partial charge >= 0.3 is 5.97 Å². The molecule has 2 heteroatoms. The standard InChI is InChI=1S/C21H32O2/c1-14(2)15-7-9-17-16(13-15)8-10-18-20(17,3)11-6-12-21(18,4)19(22)23-5/h13,17-18H,6-12H2,1-5H3. The van der Waals surface area contributed by atoms with Crippen molar-refractivity contribution >= 4 is 5.97 Å². The zero-order chi connectivity index (χ0) is 16.8. The largest absolute Gasteiger partial charge is 0.469 e. The van der Waals surface area contributed by atoms with Gasteiger partial charge in [0.1, 0.15) is 0 Å². The molecule has 0 aromatic heterocycles. The van der Waals surface area contributed by atoms with Crippen LogP contribution in [0.15, 0.2) is 22.8 Å². The van der Waals surface area contributed by atoms with Gasteiger partial charge in [-0.1, -0.05) is 30.6 Å². The van der Waals surface area contributed by atoms with Gasteiger partial charge in [0.15, 0.2) is 0 Å². The summed E-state index contributed by atoms with van der Waals surface area (Å²) in [4.78, 5) is 12.5. The first-order chi connectivity index (χ1) is 10.8.